The zero-order valence-corrected chi connectivity index (χ0v) is 10.3. The monoisotopic (exact) mass is 266 g/mol. The van der Waals surface area contributed by atoms with Gasteiger partial charge in [-0.1, -0.05) is 23.2 Å². The van der Waals surface area contributed by atoms with Crippen molar-refractivity contribution in [1.82, 2.24) is 9.78 Å². The van der Waals surface area contributed by atoms with Crippen LogP contribution in [0.2, 0.25) is 10.0 Å². The summed E-state index contributed by atoms with van der Waals surface area (Å²) in [6.07, 6.45) is 1.33. The number of aromatic nitrogens is 2. The molecule has 7 heteroatoms. The van der Waals surface area contributed by atoms with Crippen LogP contribution in [0.4, 0.5) is 0 Å². The molecule has 0 saturated carbocycles. The second-order valence-corrected chi connectivity index (χ2v) is 3.73. The molecule has 0 aromatic carbocycles. The zero-order chi connectivity index (χ0) is 12.0. The summed E-state index contributed by atoms with van der Waals surface area (Å²) in [7, 11) is 1.59. The van der Waals surface area contributed by atoms with Crippen molar-refractivity contribution < 1.29 is 9.47 Å². The summed E-state index contributed by atoms with van der Waals surface area (Å²) in [5.74, 6) is 0. The zero-order valence-electron chi connectivity index (χ0n) is 8.78. The Morgan fingerprint density at radius 3 is 2.81 bits per heavy atom. The van der Waals surface area contributed by atoms with Crippen LogP contribution in [0.15, 0.2) is 11.0 Å². The fourth-order valence-corrected chi connectivity index (χ4v) is 1.27. The summed E-state index contributed by atoms with van der Waals surface area (Å²) in [4.78, 5) is 11.5. The topological polar surface area (TPSA) is 53.4 Å². The molecule has 1 rings (SSSR count). The van der Waals surface area contributed by atoms with Gasteiger partial charge in [-0.25, -0.2) is 4.68 Å². The van der Waals surface area contributed by atoms with Gasteiger partial charge in [-0.15, -0.1) is 0 Å². The van der Waals surface area contributed by atoms with E-state index in [2.05, 4.69) is 5.10 Å². The molecule has 0 unspecified atom stereocenters. The minimum absolute atomic E-state index is 0.0199. The van der Waals surface area contributed by atoms with Gasteiger partial charge in [0.2, 0.25) is 0 Å². The van der Waals surface area contributed by atoms with Crippen LogP contribution in [0, 0.1) is 0 Å². The number of methoxy groups -OCH3 is 1. The van der Waals surface area contributed by atoms with E-state index in [0.29, 0.717) is 26.4 Å². The van der Waals surface area contributed by atoms with Crippen LogP contribution < -0.4 is 5.56 Å². The number of ether oxygens (including phenoxy) is 2. The van der Waals surface area contributed by atoms with Crippen LogP contribution >= 0.6 is 23.2 Å². The second-order valence-electron chi connectivity index (χ2n) is 2.94. The Morgan fingerprint density at radius 1 is 1.38 bits per heavy atom. The van der Waals surface area contributed by atoms with Crippen molar-refractivity contribution in [1.29, 1.82) is 0 Å². The summed E-state index contributed by atoms with van der Waals surface area (Å²) in [6, 6.07) is 0. The standard InChI is InChI=1S/C9H12Cl2N2O3/c1-15-4-5-16-3-2-13-9(14)8(11)7(10)6-12-13/h6H,2-5H2,1H3. The van der Waals surface area contributed by atoms with E-state index in [4.69, 9.17) is 32.7 Å². The van der Waals surface area contributed by atoms with Crippen molar-refractivity contribution in [2.75, 3.05) is 26.9 Å². The Morgan fingerprint density at radius 2 is 2.12 bits per heavy atom. The highest BCUT2D eigenvalue weighted by molar-refractivity contribution is 6.41. The van der Waals surface area contributed by atoms with E-state index < -0.39 is 5.56 Å². The molecule has 16 heavy (non-hydrogen) atoms. The summed E-state index contributed by atoms with van der Waals surface area (Å²) in [5.41, 5.74) is -0.412. The van der Waals surface area contributed by atoms with Gasteiger partial charge in [0.25, 0.3) is 5.56 Å². The molecule has 0 atom stereocenters. The predicted molar refractivity (Wildman–Crippen MR) is 61.2 cm³/mol. The molecule has 0 fully saturated rings. The smallest absolute Gasteiger partial charge is 0.287 e. The Kier molecular flexibility index (Phi) is 5.76. The lowest BCUT2D eigenvalue weighted by molar-refractivity contribution is 0.0649. The highest BCUT2D eigenvalue weighted by Crippen LogP contribution is 2.14. The molecule has 90 valence electrons. The fourth-order valence-electron chi connectivity index (χ4n) is 1.000. The van der Waals surface area contributed by atoms with Crippen LogP contribution in [-0.2, 0) is 16.0 Å². The first-order valence-corrected chi connectivity index (χ1v) is 5.40. The van der Waals surface area contributed by atoms with E-state index in [0.717, 1.165) is 0 Å². The third-order valence-corrected chi connectivity index (χ3v) is 2.57. The third-order valence-electron chi connectivity index (χ3n) is 1.82. The van der Waals surface area contributed by atoms with E-state index in [1.165, 1.54) is 10.9 Å². The lowest BCUT2D eigenvalue weighted by Gasteiger charge is -2.06. The molecule has 1 aromatic heterocycles. The lowest BCUT2D eigenvalue weighted by atomic mass is 10.5. The van der Waals surface area contributed by atoms with Crippen LogP contribution in [0.1, 0.15) is 0 Å². The van der Waals surface area contributed by atoms with Gasteiger partial charge >= 0.3 is 0 Å². The molecule has 0 radical (unpaired) electrons. The van der Waals surface area contributed by atoms with Crippen molar-refractivity contribution in [2.24, 2.45) is 0 Å². The summed E-state index contributed by atoms with van der Waals surface area (Å²) in [5, 5.41) is 3.97. The molecule has 0 aliphatic rings. The number of rotatable bonds is 6. The van der Waals surface area contributed by atoms with Gasteiger partial charge in [0.1, 0.15) is 5.02 Å². The first-order valence-electron chi connectivity index (χ1n) is 4.64. The van der Waals surface area contributed by atoms with Crippen LogP contribution in [0.5, 0.6) is 0 Å². The average molecular weight is 267 g/mol. The summed E-state index contributed by atoms with van der Waals surface area (Å²) < 4.78 is 11.2. The van der Waals surface area contributed by atoms with Crippen molar-refractivity contribution >= 4 is 23.2 Å². The van der Waals surface area contributed by atoms with E-state index in [1.54, 1.807) is 7.11 Å². The Labute approximate surface area is 103 Å². The van der Waals surface area contributed by atoms with Crippen molar-refractivity contribution in [2.45, 2.75) is 6.54 Å². The average Bonchev–Trinajstić information content (AvgIpc) is 2.28. The third kappa shape index (κ3) is 3.75. The minimum Gasteiger partial charge on any atom is -0.382 e. The number of hydrogen-bond acceptors (Lipinski definition) is 4. The molecular formula is C9H12Cl2N2O3. The Hall–Kier alpha value is -0.620. The van der Waals surface area contributed by atoms with Crippen LogP contribution in [-0.4, -0.2) is 36.7 Å². The van der Waals surface area contributed by atoms with Crippen molar-refractivity contribution in [3.8, 4) is 0 Å². The van der Waals surface area contributed by atoms with Gasteiger partial charge < -0.3 is 9.47 Å². The quantitative estimate of drug-likeness (QED) is 0.727. The summed E-state index contributed by atoms with van der Waals surface area (Å²) >= 11 is 11.3. The van der Waals surface area contributed by atoms with Gasteiger partial charge in [-0.3, -0.25) is 4.79 Å². The maximum Gasteiger partial charge on any atom is 0.287 e. The van der Waals surface area contributed by atoms with Crippen LogP contribution in [0.3, 0.4) is 0 Å². The van der Waals surface area contributed by atoms with Crippen LogP contribution in [0.25, 0.3) is 0 Å². The van der Waals surface area contributed by atoms with E-state index in [1.807, 2.05) is 0 Å². The molecular weight excluding hydrogens is 255 g/mol. The van der Waals surface area contributed by atoms with Gasteiger partial charge in [0.05, 0.1) is 37.6 Å². The van der Waals surface area contributed by atoms with E-state index >= 15 is 0 Å². The Bertz CT molecular complexity index is 395. The molecule has 0 saturated heterocycles. The van der Waals surface area contributed by atoms with Gasteiger partial charge in [0, 0.05) is 7.11 Å². The maximum atomic E-state index is 11.5. The minimum atomic E-state index is -0.412. The lowest BCUT2D eigenvalue weighted by Crippen LogP contribution is -2.25. The number of nitrogens with zero attached hydrogens (tertiary/aromatic N) is 2. The first kappa shape index (κ1) is 13.4. The van der Waals surface area contributed by atoms with Crippen molar-refractivity contribution in [3.05, 3.63) is 26.6 Å². The molecule has 0 aliphatic heterocycles. The molecule has 0 N–H and O–H groups in total. The predicted octanol–water partition coefficient (Wildman–Crippen LogP) is 1.21. The highest BCUT2D eigenvalue weighted by atomic mass is 35.5. The largest absolute Gasteiger partial charge is 0.382 e. The molecule has 0 aliphatic carbocycles. The first-order chi connectivity index (χ1) is 7.66. The molecule has 5 nitrogen and oxygen atoms in total. The number of halogens is 2. The van der Waals surface area contributed by atoms with Crippen molar-refractivity contribution in [3.63, 3.8) is 0 Å². The maximum absolute atomic E-state index is 11.5. The van der Waals surface area contributed by atoms with Gasteiger partial charge in [-0.05, 0) is 0 Å². The van der Waals surface area contributed by atoms with Gasteiger partial charge in [0.15, 0.2) is 0 Å². The second kappa shape index (κ2) is 6.85. The molecule has 1 aromatic rings. The van der Waals surface area contributed by atoms with Gasteiger partial charge in [-0.2, -0.15) is 5.10 Å². The highest BCUT2D eigenvalue weighted by Gasteiger charge is 2.06. The van der Waals surface area contributed by atoms with E-state index in [-0.39, 0.29) is 10.0 Å². The fraction of sp³-hybridized carbons (Fsp3) is 0.556. The SMILES string of the molecule is COCCOCCn1ncc(Cl)c(Cl)c1=O. The van der Waals surface area contributed by atoms with E-state index in [9.17, 15) is 4.79 Å². The normalized spacial score (nSPS) is 10.7. The molecule has 0 amide bonds. The summed E-state index contributed by atoms with van der Waals surface area (Å²) in [6.45, 7) is 1.70. The molecule has 0 bridgehead atoms. The molecule has 1 heterocycles. The number of hydrogen-bond donors (Lipinski definition) is 0. The molecule has 0 spiro atoms. The Balaban J connectivity index is 2.49.